The van der Waals surface area contributed by atoms with Crippen LogP contribution in [0.15, 0.2) is 42.5 Å². The van der Waals surface area contributed by atoms with E-state index in [2.05, 4.69) is 40.6 Å². The Morgan fingerprint density at radius 3 is 2.58 bits per heavy atom. The Kier molecular flexibility index (Phi) is 9.20. The molecule has 0 aliphatic carbocycles. The molecule has 36 heavy (non-hydrogen) atoms. The number of piperazine rings is 1. The van der Waals surface area contributed by atoms with Crippen LogP contribution in [0.3, 0.4) is 0 Å². The Hall–Kier alpha value is -2.65. The van der Waals surface area contributed by atoms with Gasteiger partial charge in [0.15, 0.2) is 0 Å². The molecule has 0 radical (unpaired) electrons. The number of halogens is 2. The Morgan fingerprint density at radius 2 is 1.83 bits per heavy atom. The molecule has 0 unspecified atom stereocenters. The summed E-state index contributed by atoms with van der Waals surface area (Å²) in [5.74, 6) is 1.67. The third-order valence-electron chi connectivity index (χ3n) is 6.19. The summed E-state index contributed by atoms with van der Waals surface area (Å²) in [5.41, 5.74) is 1.78. The van der Waals surface area contributed by atoms with E-state index >= 15 is 0 Å². The van der Waals surface area contributed by atoms with Crippen LogP contribution in [0.1, 0.15) is 17.8 Å². The van der Waals surface area contributed by atoms with E-state index in [1.807, 2.05) is 29.2 Å². The third kappa shape index (κ3) is 7.20. The van der Waals surface area contributed by atoms with E-state index in [0.717, 1.165) is 60.7 Å². The Bertz CT molecular complexity index is 1180. The monoisotopic (exact) mass is 529 g/mol. The van der Waals surface area contributed by atoms with Crippen LogP contribution in [0.4, 0.5) is 10.6 Å². The zero-order chi connectivity index (χ0) is 25.5. The minimum Gasteiger partial charge on any atom is -0.369 e. The summed E-state index contributed by atoms with van der Waals surface area (Å²) in [5, 5.41) is 8.62. The van der Waals surface area contributed by atoms with Crippen molar-refractivity contribution in [1.29, 1.82) is 0 Å². The number of hydrogen-bond donors (Lipinski definition) is 2. The van der Waals surface area contributed by atoms with E-state index in [-0.39, 0.29) is 6.03 Å². The molecule has 3 aromatic rings. The van der Waals surface area contributed by atoms with E-state index in [1.165, 1.54) is 0 Å². The molecule has 0 saturated carbocycles. The molecule has 4 rings (SSSR count). The summed E-state index contributed by atoms with van der Waals surface area (Å²) >= 11 is 12.2. The van der Waals surface area contributed by atoms with Crippen LogP contribution < -0.4 is 10.6 Å². The van der Waals surface area contributed by atoms with Crippen LogP contribution in [0.2, 0.25) is 10.0 Å². The minimum absolute atomic E-state index is 0.0909. The van der Waals surface area contributed by atoms with Crippen LogP contribution >= 0.6 is 23.2 Å². The number of nitrogens with zero attached hydrogens (tertiary/aromatic N) is 5. The molecule has 1 aliphatic heterocycles. The van der Waals surface area contributed by atoms with E-state index in [1.54, 1.807) is 12.1 Å². The number of hydrogen-bond acceptors (Lipinski definition) is 6. The van der Waals surface area contributed by atoms with Crippen molar-refractivity contribution in [3.8, 4) is 0 Å². The molecule has 0 bridgehead atoms. The highest BCUT2D eigenvalue weighted by molar-refractivity contribution is 6.35. The summed E-state index contributed by atoms with van der Waals surface area (Å²) in [7, 11) is 4.16. The highest BCUT2D eigenvalue weighted by Gasteiger charge is 2.22. The molecule has 1 aliphatic rings. The number of aromatic nitrogens is 2. The van der Waals surface area contributed by atoms with Gasteiger partial charge in [0.1, 0.15) is 11.6 Å². The number of urea groups is 1. The van der Waals surface area contributed by atoms with Gasteiger partial charge >= 0.3 is 6.03 Å². The number of para-hydroxylation sites is 1. The largest absolute Gasteiger partial charge is 0.369 e. The SMILES string of the molecule is CN(C)CCCNc1nc(CN2CCN(C(=O)NCc3ccc(Cl)cc3Cl)CC2)nc2ccccc12. The van der Waals surface area contributed by atoms with E-state index < -0.39 is 0 Å². The highest BCUT2D eigenvalue weighted by atomic mass is 35.5. The minimum atomic E-state index is -0.0909. The lowest BCUT2D eigenvalue weighted by Crippen LogP contribution is -2.51. The number of fused-ring (bicyclic) bond motifs is 1. The number of rotatable bonds is 9. The fraction of sp³-hybridized carbons (Fsp3) is 0.423. The van der Waals surface area contributed by atoms with Gasteiger partial charge in [-0.05, 0) is 56.9 Å². The van der Waals surface area contributed by atoms with Crippen LogP contribution in [0.5, 0.6) is 0 Å². The van der Waals surface area contributed by atoms with Crippen LogP contribution in [0, 0.1) is 0 Å². The third-order valence-corrected chi connectivity index (χ3v) is 6.78. The Morgan fingerprint density at radius 1 is 1.06 bits per heavy atom. The maximum absolute atomic E-state index is 12.7. The smallest absolute Gasteiger partial charge is 0.317 e. The molecule has 0 spiro atoms. The highest BCUT2D eigenvalue weighted by Crippen LogP contribution is 2.22. The first-order chi connectivity index (χ1) is 17.4. The van der Waals surface area contributed by atoms with Crippen molar-refractivity contribution in [2.45, 2.75) is 19.5 Å². The number of anilines is 1. The van der Waals surface area contributed by atoms with E-state index in [9.17, 15) is 4.79 Å². The normalized spacial score (nSPS) is 14.4. The van der Waals surface area contributed by atoms with Gasteiger partial charge in [0.2, 0.25) is 0 Å². The van der Waals surface area contributed by atoms with Gasteiger partial charge in [-0.15, -0.1) is 0 Å². The van der Waals surface area contributed by atoms with Gasteiger partial charge in [-0.2, -0.15) is 0 Å². The second-order valence-electron chi connectivity index (χ2n) is 9.25. The summed E-state index contributed by atoms with van der Waals surface area (Å²) < 4.78 is 0. The lowest BCUT2D eigenvalue weighted by molar-refractivity contribution is 0.133. The number of carbonyl (C=O) groups excluding carboxylic acids is 1. The zero-order valence-electron chi connectivity index (χ0n) is 20.8. The first-order valence-corrected chi connectivity index (χ1v) is 13.0. The van der Waals surface area contributed by atoms with Crippen molar-refractivity contribution in [2.24, 2.45) is 0 Å². The van der Waals surface area contributed by atoms with Gasteiger partial charge in [-0.1, -0.05) is 41.4 Å². The molecule has 2 heterocycles. The molecule has 1 saturated heterocycles. The molecule has 2 amide bonds. The average Bonchev–Trinajstić information content (AvgIpc) is 2.86. The first kappa shape index (κ1) is 26.4. The van der Waals surface area contributed by atoms with E-state index in [0.29, 0.717) is 36.2 Å². The van der Waals surface area contributed by atoms with Gasteiger partial charge in [-0.3, -0.25) is 4.90 Å². The summed E-state index contributed by atoms with van der Waals surface area (Å²) in [6, 6.07) is 13.3. The maximum atomic E-state index is 12.7. The molecule has 10 heteroatoms. The van der Waals surface area contributed by atoms with Crippen LogP contribution in [0.25, 0.3) is 10.9 Å². The lowest BCUT2D eigenvalue weighted by Gasteiger charge is -2.34. The van der Waals surface area contributed by atoms with Crippen molar-refractivity contribution in [1.82, 2.24) is 30.0 Å². The standard InChI is InChI=1S/C26H33Cl2N7O/c1-33(2)11-5-10-29-25-21-6-3-4-7-23(21)31-24(32-25)18-34-12-14-35(15-13-34)26(36)30-17-19-8-9-20(27)16-22(19)28/h3-4,6-9,16H,5,10-15,17-18H2,1-2H3,(H,30,36)(H,29,31,32). The quantitative estimate of drug-likeness (QED) is 0.402. The fourth-order valence-corrected chi connectivity index (χ4v) is 4.66. The second-order valence-corrected chi connectivity index (χ2v) is 10.1. The summed E-state index contributed by atoms with van der Waals surface area (Å²) in [6.07, 6.45) is 1.04. The van der Waals surface area contributed by atoms with Gasteiger partial charge < -0.3 is 20.4 Å². The molecular formula is C26H33Cl2N7O. The van der Waals surface area contributed by atoms with Gasteiger partial charge in [-0.25, -0.2) is 14.8 Å². The number of benzene rings is 2. The van der Waals surface area contributed by atoms with Crippen molar-refractivity contribution < 1.29 is 4.79 Å². The van der Waals surface area contributed by atoms with Crippen molar-refractivity contribution in [3.05, 3.63) is 63.9 Å². The summed E-state index contributed by atoms with van der Waals surface area (Å²) in [6.45, 7) is 5.69. The second kappa shape index (κ2) is 12.5. The molecule has 2 N–H and O–H groups in total. The van der Waals surface area contributed by atoms with Crippen LogP contribution in [-0.2, 0) is 13.1 Å². The van der Waals surface area contributed by atoms with Crippen molar-refractivity contribution >= 4 is 46.0 Å². The topological polar surface area (TPSA) is 76.6 Å². The average molecular weight is 531 g/mol. The maximum Gasteiger partial charge on any atom is 0.317 e. The Balaban J connectivity index is 1.31. The van der Waals surface area contributed by atoms with E-state index in [4.69, 9.17) is 33.2 Å². The number of carbonyl (C=O) groups is 1. The molecular weight excluding hydrogens is 497 g/mol. The van der Waals surface area contributed by atoms with Gasteiger partial charge in [0.25, 0.3) is 0 Å². The predicted octanol–water partition coefficient (Wildman–Crippen LogP) is 4.33. The first-order valence-electron chi connectivity index (χ1n) is 12.2. The van der Waals surface area contributed by atoms with Crippen LogP contribution in [-0.4, -0.2) is 84.1 Å². The van der Waals surface area contributed by atoms with Crippen molar-refractivity contribution in [2.75, 3.05) is 58.7 Å². The van der Waals surface area contributed by atoms with Gasteiger partial charge in [0.05, 0.1) is 12.1 Å². The molecule has 1 fully saturated rings. The fourth-order valence-electron chi connectivity index (χ4n) is 4.19. The molecule has 2 aromatic carbocycles. The number of amides is 2. The Labute approximate surface area is 222 Å². The molecule has 192 valence electrons. The predicted molar refractivity (Wildman–Crippen MR) is 147 cm³/mol. The summed E-state index contributed by atoms with van der Waals surface area (Å²) in [4.78, 5) is 28.6. The van der Waals surface area contributed by atoms with Gasteiger partial charge in [0, 0.05) is 54.7 Å². The molecule has 0 atom stereocenters. The number of nitrogens with one attached hydrogen (secondary N) is 2. The zero-order valence-corrected chi connectivity index (χ0v) is 22.3. The van der Waals surface area contributed by atoms with Crippen molar-refractivity contribution in [3.63, 3.8) is 0 Å². The molecule has 1 aromatic heterocycles. The molecule has 8 nitrogen and oxygen atoms in total. The lowest BCUT2D eigenvalue weighted by atomic mass is 10.2.